The molecule has 0 aliphatic carbocycles. The highest BCUT2D eigenvalue weighted by atomic mass is 32.2. The van der Waals surface area contributed by atoms with Gasteiger partial charge in [-0.25, -0.2) is 13.4 Å². The molecule has 2 N–H and O–H groups in total. The van der Waals surface area contributed by atoms with Gasteiger partial charge in [0.15, 0.2) is 5.13 Å². The average Bonchev–Trinajstić information content (AvgIpc) is 3.18. The van der Waals surface area contributed by atoms with Gasteiger partial charge in [0, 0.05) is 17.5 Å². The summed E-state index contributed by atoms with van der Waals surface area (Å²) in [5, 5.41) is 4.95. The van der Waals surface area contributed by atoms with E-state index in [1.54, 1.807) is 29.6 Å². The maximum Gasteiger partial charge on any atom is 0.263 e. The van der Waals surface area contributed by atoms with Crippen LogP contribution in [0.1, 0.15) is 43.0 Å². The molecule has 6 nitrogen and oxygen atoms in total. The molecule has 0 unspecified atom stereocenters. The highest BCUT2D eigenvalue weighted by Gasteiger charge is 2.16. The predicted molar refractivity (Wildman–Crippen MR) is 126 cm³/mol. The van der Waals surface area contributed by atoms with E-state index in [1.165, 1.54) is 16.9 Å². The molecule has 8 heteroatoms. The summed E-state index contributed by atoms with van der Waals surface area (Å²) in [5.41, 5.74) is 3.70. The average molecular weight is 458 g/mol. The first-order valence-corrected chi connectivity index (χ1v) is 12.6. The molecule has 0 aliphatic heterocycles. The summed E-state index contributed by atoms with van der Waals surface area (Å²) in [4.78, 5) is 16.7. The number of rotatable bonds is 10. The Bertz CT molecular complexity index is 1110. The Morgan fingerprint density at radius 3 is 2.42 bits per heavy atom. The summed E-state index contributed by atoms with van der Waals surface area (Å²) >= 11 is 1.20. The van der Waals surface area contributed by atoms with Crippen molar-refractivity contribution >= 4 is 38.1 Å². The SMILES string of the molecule is CCCCc1ccc(NC(=O)CCc2csc(NS(=O)(=O)c3ccc(C)cc3)n2)cc1. The van der Waals surface area contributed by atoms with Crippen LogP contribution in [-0.4, -0.2) is 19.3 Å². The molecule has 0 atom stereocenters. The van der Waals surface area contributed by atoms with Crippen molar-refractivity contribution in [1.29, 1.82) is 0 Å². The molecule has 0 spiro atoms. The van der Waals surface area contributed by atoms with E-state index in [-0.39, 0.29) is 17.2 Å². The summed E-state index contributed by atoms with van der Waals surface area (Å²) in [6.45, 7) is 4.06. The van der Waals surface area contributed by atoms with E-state index in [1.807, 2.05) is 31.2 Å². The molecular formula is C23H27N3O3S2. The number of benzene rings is 2. The topological polar surface area (TPSA) is 88.2 Å². The quantitative estimate of drug-likeness (QED) is 0.440. The minimum Gasteiger partial charge on any atom is -0.326 e. The number of thiazole rings is 1. The van der Waals surface area contributed by atoms with Crippen molar-refractivity contribution in [3.63, 3.8) is 0 Å². The number of sulfonamides is 1. The van der Waals surface area contributed by atoms with Crippen LogP contribution in [0.15, 0.2) is 58.8 Å². The number of hydrogen-bond donors (Lipinski definition) is 2. The standard InChI is InChI=1S/C23H27N3O3S2/c1-3-4-5-18-8-10-19(11-9-18)24-22(27)15-12-20-16-30-23(25-20)26-31(28,29)21-13-6-17(2)7-14-21/h6-11,13-14,16H,3-5,12,15H2,1-2H3,(H,24,27)(H,25,26). The Labute approximate surface area is 187 Å². The van der Waals surface area contributed by atoms with Crippen LogP contribution in [0.5, 0.6) is 0 Å². The summed E-state index contributed by atoms with van der Waals surface area (Å²) in [6, 6.07) is 14.5. The molecule has 164 valence electrons. The zero-order chi connectivity index (χ0) is 22.3. The van der Waals surface area contributed by atoms with Gasteiger partial charge < -0.3 is 5.32 Å². The van der Waals surface area contributed by atoms with Gasteiger partial charge in [-0.2, -0.15) is 0 Å². The summed E-state index contributed by atoms with van der Waals surface area (Å²) in [6.07, 6.45) is 4.06. The number of anilines is 2. The Morgan fingerprint density at radius 1 is 1.03 bits per heavy atom. The van der Waals surface area contributed by atoms with E-state index in [2.05, 4.69) is 21.9 Å². The highest BCUT2D eigenvalue weighted by Crippen LogP contribution is 2.21. The van der Waals surface area contributed by atoms with Crippen LogP contribution in [-0.2, 0) is 27.7 Å². The number of aryl methyl sites for hydroxylation is 3. The first-order chi connectivity index (χ1) is 14.9. The molecule has 3 rings (SSSR count). The third-order valence-electron chi connectivity index (χ3n) is 4.77. The van der Waals surface area contributed by atoms with Crippen molar-refractivity contribution < 1.29 is 13.2 Å². The molecule has 1 heterocycles. The number of carbonyl (C=O) groups is 1. The first-order valence-electron chi connectivity index (χ1n) is 10.3. The Morgan fingerprint density at radius 2 is 1.74 bits per heavy atom. The van der Waals surface area contributed by atoms with Crippen molar-refractivity contribution in [2.45, 2.75) is 50.8 Å². The number of aromatic nitrogens is 1. The summed E-state index contributed by atoms with van der Waals surface area (Å²) in [5.74, 6) is -0.101. The largest absolute Gasteiger partial charge is 0.326 e. The van der Waals surface area contributed by atoms with E-state index in [4.69, 9.17) is 0 Å². The third kappa shape index (κ3) is 6.90. The molecule has 0 saturated heterocycles. The molecular weight excluding hydrogens is 430 g/mol. The van der Waals surface area contributed by atoms with E-state index >= 15 is 0 Å². The number of hydrogen-bond acceptors (Lipinski definition) is 5. The lowest BCUT2D eigenvalue weighted by Gasteiger charge is -2.06. The zero-order valence-corrected chi connectivity index (χ0v) is 19.4. The second-order valence-corrected chi connectivity index (χ2v) is 9.95. The lowest BCUT2D eigenvalue weighted by Crippen LogP contribution is -2.13. The molecule has 0 aliphatic rings. The van der Waals surface area contributed by atoms with Gasteiger partial charge in [-0.3, -0.25) is 9.52 Å². The molecule has 0 bridgehead atoms. The molecule has 0 saturated carbocycles. The summed E-state index contributed by atoms with van der Waals surface area (Å²) in [7, 11) is -3.68. The molecule has 0 radical (unpaired) electrons. The highest BCUT2D eigenvalue weighted by molar-refractivity contribution is 7.93. The Hall–Kier alpha value is -2.71. The van der Waals surface area contributed by atoms with Crippen LogP contribution in [0.4, 0.5) is 10.8 Å². The van der Waals surface area contributed by atoms with Crippen molar-refractivity contribution in [2.75, 3.05) is 10.0 Å². The van der Waals surface area contributed by atoms with E-state index in [0.29, 0.717) is 17.2 Å². The Balaban J connectivity index is 1.50. The van der Waals surface area contributed by atoms with Crippen LogP contribution >= 0.6 is 11.3 Å². The monoisotopic (exact) mass is 457 g/mol. The van der Waals surface area contributed by atoms with Crippen LogP contribution in [0, 0.1) is 6.92 Å². The van der Waals surface area contributed by atoms with Crippen LogP contribution in [0.3, 0.4) is 0 Å². The molecule has 0 fully saturated rings. The fraction of sp³-hybridized carbons (Fsp3) is 0.304. The van der Waals surface area contributed by atoms with E-state index < -0.39 is 10.0 Å². The lowest BCUT2D eigenvalue weighted by molar-refractivity contribution is -0.116. The number of nitrogens with one attached hydrogen (secondary N) is 2. The van der Waals surface area contributed by atoms with E-state index in [9.17, 15) is 13.2 Å². The van der Waals surface area contributed by atoms with Gasteiger partial charge in [-0.15, -0.1) is 11.3 Å². The normalized spacial score (nSPS) is 11.3. The molecule has 1 amide bonds. The van der Waals surface area contributed by atoms with Gasteiger partial charge in [-0.05, 0) is 56.0 Å². The van der Waals surface area contributed by atoms with Crippen molar-refractivity contribution in [2.24, 2.45) is 0 Å². The van der Waals surface area contributed by atoms with Gasteiger partial charge in [-0.1, -0.05) is 43.2 Å². The minimum absolute atomic E-state index is 0.101. The number of carbonyl (C=O) groups excluding carboxylic acids is 1. The zero-order valence-electron chi connectivity index (χ0n) is 17.7. The molecule has 1 aromatic heterocycles. The molecule has 3 aromatic rings. The van der Waals surface area contributed by atoms with Gasteiger partial charge in [0.25, 0.3) is 10.0 Å². The second kappa shape index (κ2) is 10.5. The maximum atomic E-state index is 12.5. The number of unbranched alkanes of at least 4 members (excludes halogenated alkanes) is 1. The Kier molecular flexibility index (Phi) is 7.81. The maximum absolute atomic E-state index is 12.5. The van der Waals surface area contributed by atoms with Crippen LogP contribution < -0.4 is 10.0 Å². The number of nitrogens with zero attached hydrogens (tertiary/aromatic N) is 1. The minimum atomic E-state index is -3.68. The third-order valence-corrected chi connectivity index (χ3v) is 7.06. The fourth-order valence-corrected chi connectivity index (χ4v) is 4.96. The predicted octanol–water partition coefficient (Wildman–Crippen LogP) is 5.17. The lowest BCUT2D eigenvalue weighted by atomic mass is 10.1. The van der Waals surface area contributed by atoms with Crippen molar-refractivity contribution in [3.05, 3.63) is 70.7 Å². The fourth-order valence-electron chi connectivity index (χ4n) is 2.96. The molecule has 31 heavy (non-hydrogen) atoms. The van der Waals surface area contributed by atoms with Gasteiger partial charge in [0.1, 0.15) is 0 Å². The van der Waals surface area contributed by atoms with Crippen LogP contribution in [0.25, 0.3) is 0 Å². The van der Waals surface area contributed by atoms with Gasteiger partial charge >= 0.3 is 0 Å². The second-order valence-electron chi connectivity index (χ2n) is 7.41. The van der Waals surface area contributed by atoms with Crippen molar-refractivity contribution in [3.8, 4) is 0 Å². The van der Waals surface area contributed by atoms with Crippen LogP contribution in [0.2, 0.25) is 0 Å². The molecule has 2 aromatic carbocycles. The smallest absolute Gasteiger partial charge is 0.263 e. The van der Waals surface area contributed by atoms with Gasteiger partial charge in [0.2, 0.25) is 5.91 Å². The van der Waals surface area contributed by atoms with Crippen molar-refractivity contribution in [1.82, 2.24) is 4.98 Å². The van der Waals surface area contributed by atoms with Gasteiger partial charge in [0.05, 0.1) is 10.6 Å². The summed E-state index contributed by atoms with van der Waals surface area (Å²) < 4.78 is 27.4. The van der Waals surface area contributed by atoms with E-state index in [0.717, 1.165) is 30.5 Å². The first kappa shape index (κ1) is 23.0. The number of amides is 1.